The Labute approximate surface area is 108 Å². The lowest BCUT2D eigenvalue weighted by Gasteiger charge is -2.06. The zero-order valence-electron chi connectivity index (χ0n) is 9.35. The first-order valence-corrected chi connectivity index (χ1v) is 5.89. The SMILES string of the molecule is O=C(O)c1ccc2cc3ccccc3cc2c1Cl. The molecule has 0 aliphatic rings. The summed E-state index contributed by atoms with van der Waals surface area (Å²) in [6.07, 6.45) is 0. The van der Waals surface area contributed by atoms with E-state index in [0.29, 0.717) is 5.02 Å². The van der Waals surface area contributed by atoms with Crippen LogP contribution in [0.1, 0.15) is 10.4 Å². The second kappa shape index (κ2) is 4.00. The molecule has 3 heteroatoms. The number of carboxylic acids is 1. The van der Waals surface area contributed by atoms with Crippen molar-refractivity contribution in [2.75, 3.05) is 0 Å². The molecule has 0 radical (unpaired) electrons. The van der Waals surface area contributed by atoms with Gasteiger partial charge in [0.05, 0.1) is 10.6 Å². The summed E-state index contributed by atoms with van der Waals surface area (Å²) in [7, 11) is 0. The molecule has 0 amide bonds. The quantitative estimate of drug-likeness (QED) is 0.658. The van der Waals surface area contributed by atoms with Gasteiger partial charge in [0.2, 0.25) is 0 Å². The topological polar surface area (TPSA) is 37.3 Å². The summed E-state index contributed by atoms with van der Waals surface area (Å²) in [5.41, 5.74) is 0.138. The number of hydrogen-bond acceptors (Lipinski definition) is 1. The first-order chi connectivity index (χ1) is 8.66. The van der Waals surface area contributed by atoms with Crippen molar-refractivity contribution >= 4 is 39.1 Å². The van der Waals surface area contributed by atoms with Gasteiger partial charge >= 0.3 is 5.97 Å². The van der Waals surface area contributed by atoms with Gasteiger partial charge < -0.3 is 5.11 Å². The van der Waals surface area contributed by atoms with Crippen molar-refractivity contribution in [3.8, 4) is 0 Å². The zero-order valence-corrected chi connectivity index (χ0v) is 10.1. The Bertz CT molecular complexity index is 778. The van der Waals surface area contributed by atoms with E-state index in [2.05, 4.69) is 0 Å². The average Bonchev–Trinajstić information content (AvgIpc) is 2.37. The van der Waals surface area contributed by atoms with Gasteiger partial charge in [-0.3, -0.25) is 0 Å². The van der Waals surface area contributed by atoms with E-state index in [1.54, 1.807) is 12.1 Å². The minimum Gasteiger partial charge on any atom is -0.478 e. The van der Waals surface area contributed by atoms with Crippen LogP contribution in [0.15, 0.2) is 48.5 Å². The Kier molecular flexibility index (Phi) is 2.46. The van der Waals surface area contributed by atoms with E-state index in [4.69, 9.17) is 16.7 Å². The maximum atomic E-state index is 11.0. The van der Waals surface area contributed by atoms with E-state index in [9.17, 15) is 4.79 Å². The number of carbonyl (C=O) groups is 1. The lowest BCUT2D eigenvalue weighted by atomic mass is 10.0. The summed E-state index contributed by atoms with van der Waals surface area (Å²) < 4.78 is 0. The molecule has 0 bridgehead atoms. The molecule has 0 spiro atoms. The monoisotopic (exact) mass is 256 g/mol. The maximum Gasteiger partial charge on any atom is 0.337 e. The summed E-state index contributed by atoms with van der Waals surface area (Å²) in [6.45, 7) is 0. The largest absolute Gasteiger partial charge is 0.478 e. The Morgan fingerprint density at radius 2 is 1.61 bits per heavy atom. The highest BCUT2D eigenvalue weighted by Crippen LogP contribution is 2.30. The van der Waals surface area contributed by atoms with Crippen LogP contribution in [0.25, 0.3) is 21.5 Å². The summed E-state index contributed by atoms with van der Waals surface area (Å²) in [5.74, 6) is -1.00. The van der Waals surface area contributed by atoms with Gasteiger partial charge in [-0.15, -0.1) is 0 Å². The zero-order chi connectivity index (χ0) is 12.7. The van der Waals surface area contributed by atoms with Crippen molar-refractivity contribution in [1.29, 1.82) is 0 Å². The molecular weight excluding hydrogens is 248 g/mol. The maximum absolute atomic E-state index is 11.0. The lowest BCUT2D eigenvalue weighted by Crippen LogP contribution is -1.97. The number of benzene rings is 3. The van der Waals surface area contributed by atoms with Crippen molar-refractivity contribution in [2.24, 2.45) is 0 Å². The minimum atomic E-state index is -1.00. The molecule has 0 atom stereocenters. The smallest absolute Gasteiger partial charge is 0.337 e. The number of aromatic carboxylic acids is 1. The van der Waals surface area contributed by atoms with Crippen molar-refractivity contribution in [1.82, 2.24) is 0 Å². The van der Waals surface area contributed by atoms with Gasteiger partial charge in [-0.1, -0.05) is 41.9 Å². The molecule has 0 aliphatic heterocycles. The van der Waals surface area contributed by atoms with Crippen LogP contribution in [0.2, 0.25) is 5.02 Å². The van der Waals surface area contributed by atoms with Gasteiger partial charge in [0.25, 0.3) is 0 Å². The van der Waals surface area contributed by atoms with E-state index >= 15 is 0 Å². The molecule has 0 fully saturated rings. The third-order valence-corrected chi connectivity index (χ3v) is 3.46. The van der Waals surface area contributed by atoms with E-state index in [1.807, 2.05) is 36.4 Å². The fourth-order valence-corrected chi connectivity index (χ4v) is 2.45. The summed E-state index contributed by atoms with van der Waals surface area (Å²) in [6, 6.07) is 15.2. The molecule has 3 aromatic carbocycles. The van der Waals surface area contributed by atoms with E-state index < -0.39 is 5.97 Å². The first kappa shape index (κ1) is 11.1. The summed E-state index contributed by atoms with van der Waals surface area (Å²) >= 11 is 6.16. The van der Waals surface area contributed by atoms with Crippen LogP contribution in [-0.2, 0) is 0 Å². The van der Waals surface area contributed by atoms with E-state index in [1.165, 1.54) is 0 Å². The molecule has 2 nitrogen and oxygen atoms in total. The molecule has 0 saturated heterocycles. The van der Waals surface area contributed by atoms with Crippen molar-refractivity contribution in [3.05, 3.63) is 59.1 Å². The highest BCUT2D eigenvalue weighted by Gasteiger charge is 2.11. The third kappa shape index (κ3) is 1.62. The van der Waals surface area contributed by atoms with Gasteiger partial charge in [-0.2, -0.15) is 0 Å². The van der Waals surface area contributed by atoms with Crippen LogP contribution in [0, 0.1) is 0 Å². The number of hydrogen-bond donors (Lipinski definition) is 1. The summed E-state index contributed by atoms with van der Waals surface area (Å²) in [4.78, 5) is 11.0. The first-order valence-electron chi connectivity index (χ1n) is 5.51. The number of rotatable bonds is 1. The number of halogens is 1. The Balaban J connectivity index is 2.44. The average molecular weight is 257 g/mol. The molecule has 0 heterocycles. The van der Waals surface area contributed by atoms with Crippen LogP contribution in [0.3, 0.4) is 0 Å². The molecule has 88 valence electrons. The third-order valence-electron chi connectivity index (χ3n) is 3.05. The van der Waals surface area contributed by atoms with E-state index in [-0.39, 0.29) is 5.56 Å². The van der Waals surface area contributed by atoms with Gasteiger partial charge in [0, 0.05) is 5.39 Å². The van der Waals surface area contributed by atoms with Gasteiger partial charge in [-0.25, -0.2) is 4.79 Å². The van der Waals surface area contributed by atoms with Gasteiger partial charge in [-0.05, 0) is 34.4 Å². The highest BCUT2D eigenvalue weighted by molar-refractivity contribution is 6.38. The van der Waals surface area contributed by atoms with Crippen LogP contribution in [-0.4, -0.2) is 11.1 Å². The van der Waals surface area contributed by atoms with Gasteiger partial charge in [0.1, 0.15) is 0 Å². The molecule has 0 aliphatic carbocycles. The molecule has 3 aromatic rings. The van der Waals surface area contributed by atoms with Crippen molar-refractivity contribution in [3.63, 3.8) is 0 Å². The molecule has 0 aromatic heterocycles. The molecular formula is C15H9ClO2. The summed E-state index contributed by atoms with van der Waals surface area (Å²) in [5, 5.41) is 13.2. The fourth-order valence-electron chi connectivity index (χ4n) is 2.14. The lowest BCUT2D eigenvalue weighted by molar-refractivity contribution is 0.0697. The Hall–Kier alpha value is -2.06. The van der Waals surface area contributed by atoms with Crippen molar-refractivity contribution < 1.29 is 9.90 Å². The minimum absolute atomic E-state index is 0.138. The standard InChI is InChI=1S/C15H9ClO2/c16-14-12(15(17)18)6-5-11-7-9-3-1-2-4-10(9)8-13(11)14/h1-8H,(H,17,18). The molecule has 0 saturated carbocycles. The highest BCUT2D eigenvalue weighted by atomic mass is 35.5. The van der Waals surface area contributed by atoms with Crippen LogP contribution in [0.4, 0.5) is 0 Å². The predicted octanol–water partition coefficient (Wildman–Crippen LogP) is 4.34. The second-order valence-electron chi connectivity index (χ2n) is 4.15. The fraction of sp³-hybridized carbons (Fsp3) is 0. The van der Waals surface area contributed by atoms with Crippen LogP contribution < -0.4 is 0 Å². The van der Waals surface area contributed by atoms with Crippen LogP contribution in [0.5, 0.6) is 0 Å². The number of fused-ring (bicyclic) bond motifs is 2. The number of carboxylic acid groups (broad SMARTS) is 1. The Morgan fingerprint density at radius 3 is 2.28 bits per heavy atom. The molecule has 3 rings (SSSR count). The van der Waals surface area contributed by atoms with Crippen LogP contribution >= 0.6 is 11.6 Å². The van der Waals surface area contributed by atoms with Gasteiger partial charge in [0.15, 0.2) is 0 Å². The molecule has 1 N–H and O–H groups in total. The van der Waals surface area contributed by atoms with E-state index in [0.717, 1.165) is 21.5 Å². The molecule has 0 unspecified atom stereocenters. The predicted molar refractivity (Wildman–Crippen MR) is 73.4 cm³/mol. The Morgan fingerprint density at radius 1 is 0.944 bits per heavy atom. The molecule has 18 heavy (non-hydrogen) atoms. The van der Waals surface area contributed by atoms with Crippen molar-refractivity contribution in [2.45, 2.75) is 0 Å². The second-order valence-corrected chi connectivity index (χ2v) is 4.53. The normalized spacial score (nSPS) is 10.9.